The van der Waals surface area contributed by atoms with Crippen LogP contribution in [0.2, 0.25) is 0 Å². The summed E-state index contributed by atoms with van der Waals surface area (Å²) in [6.45, 7) is 6.18. The van der Waals surface area contributed by atoms with Gasteiger partial charge in [-0.2, -0.15) is 0 Å². The van der Waals surface area contributed by atoms with Crippen molar-refractivity contribution in [2.75, 3.05) is 0 Å². The molecule has 0 saturated carbocycles. The van der Waals surface area contributed by atoms with Gasteiger partial charge < -0.3 is 0 Å². The second-order valence-corrected chi connectivity index (χ2v) is 15.3. The van der Waals surface area contributed by atoms with Gasteiger partial charge >= 0.3 is 0 Å². The summed E-state index contributed by atoms with van der Waals surface area (Å²) in [5.74, 6) is 3.47. The van der Waals surface area contributed by atoms with Crippen LogP contribution in [0.4, 0.5) is 0 Å². The molecule has 6 aromatic heterocycles. The highest BCUT2D eigenvalue weighted by molar-refractivity contribution is 6.19. The van der Waals surface area contributed by atoms with Crippen molar-refractivity contribution >= 4 is 82.4 Å². The van der Waals surface area contributed by atoms with Crippen LogP contribution in [0.1, 0.15) is 18.2 Å². The molecule has 60 heavy (non-hydrogen) atoms. The number of pyridine rings is 2. The molecule has 12 aromatic rings. The van der Waals surface area contributed by atoms with E-state index < -0.39 is 0 Å². The summed E-state index contributed by atoms with van der Waals surface area (Å²) < 4.78 is 9.23. The van der Waals surface area contributed by atoms with Crippen LogP contribution < -0.4 is 0 Å². The summed E-state index contributed by atoms with van der Waals surface area (Å²) in [6, 6.07) is 60.6. The number of fused-ring (bicyclic) bond motifs is 10. The topological polar surface area (TPSA) is 45.5 Å². The van der Waals surface area contributed by atoms with Crippen molar-refractivity contribution in [1.82, 2.24) is 28.2 Å². The molecule has 284 valence electrons. The summed E-state index contributed by atoms with van der Waals surface area (Å²) >= 11 is 0. The first-order chi connectivity index (χ1) is 29.7. The number of aryl methyl sites for hydroxylation is 1. The van der Waals surface area contributed by atoms with Crippen LogP contribution in [0.25, 0.3) is 106 Å². The van der Waals surface area contributed by atoms with E-state index in [9.17, 15) is 0 Å². The highest BCUT2D eigenvalue weighted by atomic mass is 15.2. The first-order valence-corrected chi connectivity index (χ1v) is 20.5. The number of rotatable bonds is 7. The van der Waals surface area contributed by atoms with Gasteiger partial charge in [0.15, 0.2) is 0 Å². The summed E-state index contributed by atoms with van der Waals surface area (Å²) in [7, 11) is 0. The minimum absolute atomic E-state index is 0.858. The van der Waals surface area contributed by atoms with Crippen molar-refractivity contribution in [2.45, 2.75) is 13.3 Å². The highest BCUT2D eigenvalue weighted by Crippen LogP contribution is 2.40. The molecule has 6 heterocycles. The zero-order chi connectivity index (χ0) is 39.9. The third-order valence-electron chi connectivity index (χ3n) is 12.2. The Morgan fingerprint density at radius 1 is 0.400 bits per heavy atom. The molecule has 6 heteroatoms. The Kier molecular flexibility index (Phi) is 7.56. The smallest absolute Gasteiger partial charge is 0.140 e. The van der Waals surface area contributed by atoms with Gasteiger partial charge in [0.25, 0.3) is 0 Å². The highest BCUT2D eigenvalue weighted by Gasteiger charge is 2.22. The molecule has 0 N–H and O–H groups in total. The Morgan fingerprint density at radius 2 is 0.750 bits per heavy atom. The molecule has 12 rings (SSSR count). The lowest BCUT2D eigenvalue weighted by molar-refractivity contribution is 0.976. The monoisotopic (exact) mass is 770 g/mol. The molecular weight excluding hydrogens is 733 g/mol. The molecule has 0 aliphatic heterocycles. The lowest BCUT2D eigenvalue weighted by atomic mass is 10.1. The van der Waals surface area contributed by atoms with Crippen LogP contribution in [-0.4, -0.2) is 28.2 Å². The number of benzene rings is 6. The molecule has 0 aliphatic rings. The number of aromatic nitrogens is 6. The van der Waals surface area contributed by atoms with Gasteiger partial charge in [0.1, 0.15) is 23.3 Å². The zero-order valence-electron chi connectivity index (χ0n) is 33.0. The van der Waals surface area contributed by atoms with Crippen LogP contribution in [0.5, 0.6) is 0 Å². The quantitative estimate of drug-likeness (QED) is 0.152. The average Bonchev–Trinajstić information content (AvgIpc) is 4.02. The van der Waals surface area contributed by atoms with Crippen molar-refractivity contribution < 1.29 is 0 Å². The molecule has 0 fully saturated rings. The second kappa shape index (κ2) is 13.3. The predicted molar refractivity (Wildman–Crippen MR) is 250 cm³/mol. The van der Waals surface area contributed by atoms with Crippen molar-refractivity contribution in [3.8, 4) is 23.3 Å². The average molecular weight is 771 g/mol. The van der Waals surface area contributed by atoms with E-state index >= 15 is 0 Å². The Hall–Kier alpha value is -7.96. The lowest BCUT2D eigenvalue weighted by Gasteiger charge is -2.13. The normalized spacial score (nSPS) is 12.2. The van der Waals surface area contributed by atoms with Crippen molar-refractivity contribution in [2.24, 2.45) is 0 Å². The Balaban J connectivity index is 1.09. The van der Waals surface area contributed by atoms with E-state index in [2.05, 4.69) is 208 Å². The molecule has 0 aliphatic carbocycles. The van der Waals surface area contributed by atoms with Gasteiger partial charge in [0, 0.05) is 37.7 Å². The van der Waals surface area contributed by atoms with E-state index in [1.54, 1.807) is 0 Å². The minimum atomic E-state index is 0.858. The van der Waals surface area contributed by atoms with Crippen LogP contribution in [0.15, 0.2) is 189 Å². The third kappa shape index (κ3) is 4.88. The van der Waals surface area contributed by atoms with E-state index in [0.717, 1.165) is 84.8 Å². The number of nitrogens with zero attached hydrogens (tertiary/aromatic N) is 6. The Labute approximate surface area is 345 Å². The number of hydrogen-bond donors (Lipinski definition) is 0. The van der Waals surface area contributed by atoms with Crippen LogP contribution in [0, 0.1) is 0 Å². The van der Waals surface area contributed by atoms with E-state index in [0.29, 0.717) is 0 Å². The largest absolute Gasteiger partial charge is 0.294 e. The van der Waals surface area contributed by atoms with Gasteiger partial charge in [-0.1, -0.05) is 129 Å². The lowest BCUT2D eigenvalue weighted by Crippen LogP contribution is -2.04. The van der Waals surface area contributed by atoms with Crippen LogP contribution in [0.3, 0.4) is 0 Å². The van der Waals surface area contributed by atoms with Crippen LogP contribution >= 0.6 is 0 Å². The van der Waals surface area contributed by atoms with Gasteiger partial charge in [0.05, 0.1) is 44.3 Å². The van der Waals surface area contributed by atoms with Crippen molar-refractivity contribution in [1.29, 1.82) is 0 Å². The molecule has 0 bridgehead atoms. The Morgan fingerprint density at radius 3 is 1.17 bits per heavy atom. The molecule has 0 atom stereocenters. The molecule has 0 radical (unpaired) electrons. The molecule has 0 unspecified atom stereocenters. The summed E-state index contributed by atoms with van der Waals surface area (Å²) in [4.78, 5) is 10.9. The number of para-hydroxylation sites is 5. The fraction of sp³-hybridized carbons (Fsp3) is 0.0370. The van der Waals surface area contributed by atoms with Gasteiger partial charge in [0.2, 0.25) is 0 Å². The minimum Gasteiger partial charge on any atom is -0.294 e. The first kappa shape index (κ1) is 34.1. The predicted octanol–water partition coefficient (Wildman–Crippen LogP) is 13.5. The molecule has 0 spiro atoms. The summed E-state index contributed by atoms with van der Waals surface area (Å²) in [5.41, 5.74) is 10.2. The fourth-order valence-corrected chi connectivity index (χ4v) is 9.70. The molecule has 6 aromatic carbocycles. The third-order valence-corrected chi connectivity index (χ3v) is 12.2. The van der Waals surface area contributed by atoms with Gasteiger partial charge in [-0.15, -0.1) is 0 Å². The summed E-state index contributed by atoms with van der Waals surface area (Å²) in [5, 5.41) is 8.31. The maximum absolute atomic E-state index is 5.47. The molecule has 0 saturated heterocycles. The van der Waals surface area contributed by atoms with E-state index in [4.69, 9.17) is 9.97 Å². The fourth-order valence-electron chi connectivity index (χ4n) is 9.70. The molecular formula is C54H38N6. The van der Waals surface area contributed by atoms with Crippen LogP contribution in [-0.2, 0) is 6.42 Å². The van der Waals surface area contributed by atoms with Crippen molar-refractivity contribution in [3.05, 3.63) is 200 Å². The number of allylic oxidation sites excluding steroid dienone is 2. The van der Waals surface area contributed by atoms with E-state index in [1.165, 1.54) is 32.5 Å². The molecule has 0 amide bonds. The maximum Gasteiger partial charge on any atom is 0.140 e. The number of hydrogen-bond acceptors (Lipinski definition) is 2. The maximum atomic E-state index is 5.47. The SMILES string of the molecule is C=C/C=C\c1c(CC)c2ccccc2n1-c1cccc(-n2c3ccccc3c3cc4c(cc32)c2ccccc2n4-c2cccc(-n3c4ccccc4c4ccccc43)n2)n1. The second-order valence-electron chi connectivity index (χ2n) is 15.3. The van der Waals surface area contributed by atoms with E-state index in [-0.39, 0.29) is 0 Å². The van der Waals surface area contributed by atoms with Crippen molar-refractivity contribution in [3.63, 3.8) is 0 Å². The first-order valence-electron chi connectivity index (χ1n) is 20.5. The van der Waals surface area contributed by atoms with Gasteiger partial charge in [-0.3, -0.25) is 18.3 Å². The zero-order valence-corrected chi connectivity index (χ0v) is 33.0. The standard InChI is InChI=1S/C54H38N6/c1-3-5-23-43-35(4-2)36-18-6-11-24-44(36)57(43)51-29-16-31-53(55-51)59-47-27-14-9-21-39(47)41-34-50-42(33-49(41)59)40-22-10-15-28-48(40)60(50)54-32-17-30-52(56-54)58-45-25-12-7-19-37(45)38-20-8-13-26-46(38)58/h3,5-34H,1,4H2,2H3/b23-5-. The van der Waals surface area contributed by atoms with Gasteiger partial charge in [-0.25, -0.2) is 9.97 Å². The van der Waals surface area contributed by atoms with Gasteiger partial charge in [-0.05, 0) is 84.8 Å². The summed E-state index contributed by atoms with van der Waals surface area (Å²) in [6.07, 6.45) is 6.90. The van der Waals surface area contributed by atoms with E-state index in [1.807, 2.05) is 12.2 Å². The Bertz CT molecular complexity index is 3680. The molecule has 6 nitrogen and oxygen atoms in total.